The van der Waals surface area contributed by atoms with E-state index in [0.717, 1.165) is 0 Å². The van der Waals surface area contributed by atoms with E-state index in [9.17, 15) is 0 Å². The Morgan fingerprint density at radius 1 is 0.600 bits per heavy atom. The Labute approximate surface area is 208 Å². The summed E-state index contributed by atoms with van der Waals surface area (Å²) in [6.07, 6.45) is 2.14. The van der Waals surface area contributed by atoms with E-state index in [-0.39, 0.29) is 51.0 Å². The van der Waals surface area contributed by atoms with Crippen molar-refractivity contribution in [1.82, 2.24) is 4.57 Å². The minimum atomic E-state index is 0. The molecular weight excluding hydrogens is 488 g/mol. The summed E-state index contributed by atoms with van der Waals surface area (Å²) in [5, 5.41) is 6.54. The molecule has 0 radical (unpaired) electrons. The summed E-state index contributed by atoms with van der Waals surface area (Å²) in [4.78, 5) is 0. The van der Waals surface area contributed by atoms with Gasteiger partial charge < -0.3 is 29.4 Å². The molecule has 0 unspecified atom stereocenters. The number of aromatic nitrogens is 1. The maximum atomic E-state index is 2.25. The van der Waals surface area contributed by atoms with Crippen LogP contribution in [0.3, 0.4) is 0 Å². The summed E-state index contributed by atoms with van der Waals surface area (Å²) >= 11 is 0. The molecule has 1 heterocycles. The predicted octanol–water partition coefficient (Wildman–Crippen LogP) is 1.07. The fourth-order valence-electron chi connectivity index (χ4n) is 3.65. The van der Waals surface area contributed by atoms with Crippen molar-refractivity contribution in [2.75, 3.05) is 0 Å². The van der Waals surface area contributed by atoms with Gasteiger partial charge in [0.2, 0.25) is 0 Å². The minimum Gasteiger partial charge on any atom is -1.00 e. The topological polar surface area (TPSA) is 4.93 Å². The van der Waals surface area contributed by atoms with Crippen LogP contribution in [0.2, 0.25) is 0 Å². The van der Waals surface area contributed by atoms with Crippen LogP contribution >= 0.6 is 0 Å². The Balaban J connectivity index is 0.000000230. The van der Waals surface area contributed by atoms with Crippen molar-refractivity contribution in [2.24, 2.45) is 0 Å². The third-order valence-electron chi connectivity index (χ3n) is 5.03. The number of rotatable bonds is 1. The summed E-state index contributed by atoms with van der Waals surface area (Å²) in [6.45, 7) is 0. The van der Waals surface area contributed by atoms with Crippen molar-refractivity contribution in [3.63, 3.8) is 0 Å². The van der Waals surface area contributed by atoms with Crippen molar-refractivity contribution in [3.05, 3.63) is 115 Å². The molecular formula is C26H19Cl2NZr. The van der Waals surface area contributed by atoms with Crippen LogP contribution in [0.25, 0.3) is 38.1 Å². The van der Waals surface area contributed by atoms with Gasteiger partial charge in [0.25, 0.3) is 0 Å². The van der Waals surface area contributed by atoms with Gasteiger partial charge >= 0.3 is 26.2 Å². The van der Waals surface area contributed by atoms with E-state index in [1.54, 1.807) is 0 Å². The molecule has 0 fully saturated rings. The van der Waals surface area contributed by atoms with Crippen molar-refractivity contribution in [1.29, 1.82) is 0 Å². The smallest absolute Gasteiger partial charge is 1.00 e. The molecule has 0 N–H and O–H groups in total. The zero-order valence-electron chi connectivity index (χ0n) is 16.2. The molecule has 0 bridgehead atoms. The van der Waals surface area contributed by atoms with Gasteiger partial charge in [0.1, 0.15) is 0 Å². The van der Waals surface area contributed by atoms with Crippen LogP contribution in [0.1, 0.15) is 0 Å². The molecule has 30 heavy (non-hydrogen) atoms. The maximum Gasteiger partial charge on any atom is 4.00 e. The monoisotopic (exact) mass is 505 g/mol. The van der Waals surface area contributed by atoms with Gasteiger partial charge in [0.05, 0.1) is 5.52 Å². The molecule has 6 rings (SSSR count). The summed E-state index contributed by atoms with van der Waals surface area (Å²) in [6, 6.07) is 38.3. The van der Waals surface area contributed by atoms with E-state index in [0.29, 0.717) is 0 Å². The summed E-state index contributed by atoms with van der Waals surface area (Å²) in [7, 11) is 0. The Hall–Kier alpha value is -2.12. The average Bonchev–Trinajstić information content (AvgIpc) is 3.45. The van der Waals surface area contributed by atoms with Crippen molar-refractivity contribution in [2.45, 2.75) is 0 Å². The third-order valence-corrected chi connectivity index (χ3v) is 5.03. The van der Waals surface area contributed by atoms with Crippen LogP contribution in [0.15, 0.2) is 115 Å². The van der Waals surface area contributed by atoms with Gasteiger partial charge in [-0.05, 0) is 23.2 Å². The molecule has 0 amide bonds. The Kier molecular flexibility index (Phi) is 8.68. The Bertz CT molecular complexity index is 1280. The first-order valence-electron chi connectivity index (χ1n) is 9.21. The van der Waals surface area contributed by atoms with Gasteiger partial charge in [-0.1, -0.05) is 30.3 Å². The van der Waals surface area contributed by atoms with Gasteiger partial charge in [-0.2, -0.15) is 17.5 Å². The number of halogens is 2. The van der Waals surface area contributed by atoms with Crippen LogP contribution in [-0.2, 0) is 26.2 Å². The van der Waals surface area contributed by atoms with Crippen LogP contribution in [0.5, 0.6) is 0 Å². The number of hydrogen-bond acceptors (Lipinski definition) is 0. The molecule has 1 nitrogen and oxygen atoms in total. The fourth-order valence-corrected chi connectivity index (χ4v) is 3.65. The van der Waals surface area contributed by atoms with Crippen molar-refractivity contribution >= 4 is 32.4 Å². The molecule has 0 spiro atoms. The first-order valence-corrected chi connectivity index (χ1v) is 9.21. The summed E-state index contributed by atoms with van der Waals surface area (Å²) in [5.74, 6) is 0. The van der Waals surface area contributed by atoms with Crippen LogP contribution in [0, 0.1) is 0 Å². The number of para-hydroxylation sites is 1. The molecule has 0 aliphatic rings. The second-order valence-corrected chi connectivity index (χ2v) is 6.74. The molecule has 0 aliphatic carbocycles. The molecule has 4 heteroatoms. The molecule has 0 atom stereocenters. The van der Waals surface area contributed by atoms with E-state index >= 15 is 0 Å². The zero-order valence-corrected chi connectivity index (χ0v) is 20.1. The van der Waals surface area contributed by atoms with Crippen molar-refractivity contribution in [3.8, 4) is 5.69 Å². The molecule has 1 aromatic heterocycles. The minimum absolute atomic E-state index is 0. The third kappa shape index (κ3) is 4.78. The van der Waals surface area contributed by atoms with Gasteiger partial charge in [0, 0.05) is 6.20 Å². The largest absolute Gasteiger partial charge is 4.00 e. The number of hydrogen-bond donors (Lipinski definition) is 0. The summed E-state index contributed by atoms with van der Waals surface area (Å²) < 4.78 is 2.25. The number of nitrogens with zero attached hydrogens (tertiary/aromatic N) is 1. The van der Waals surface area contributed by atoms with E-state index in [4.69, 9.17) is 0 Å². The molecule has 6 aromatic rings. The van der Waals surface area contributed by atoms with Gasteiger partial charge in [-0.15, -0.1) is 70.8 Å². The predicted molar refractivity (Wildman–Crippen MR) is 116 cm³/mol. The molecule has 0 aliphatic heterocycles. The standard InChI is InChI=1S/C17H12N.C9H7.2ClH.Zr/c1-2-7-15-12-16(11-14(15)6-1)18-10-9-13-5-3-4-8-17(13)18;1-2-5-9-7-3-6-8(9)4-1;;;/h1-12H;1-7H;2*1H;/q2*-1;;;+4/p-2. The zero-order chi connectivity index (χ0) is 18.1. The maximum absolute atomic E-state index is 2.25. The van der Waals surface area contributed by atoms with E-state index < -0.39 is 0 Å². The first-order chi connectivity index (χ1) is 13.4. The molecule has 146 valence electrons. The second-order valence-electron chi connectivity index (χ2n) is 6.74. The van der Waals surface area contributed by atoms with Crippen LogP contribution in [0.4, 0.5) is 0 Å². The van der Waals surface area contributed by atoms with Gasteiger partial charge in [-0.25, -0.2) is 0 Å². The second kappa shape index (κ2) is 10.8. The Morgan fingerprint density at radius 2 is 1.23 bits per heavy atom. The number of benzene rings is 3. The van der Waals surface area contributed by atoms with Crippen molar-refractivity contribution < 1.29 is 51.0 Å². The molecule has 0 saturated carbocycles. The van der Waals surface area contributed by atoms with Crippen LogP contribution in [-0.4, -0.2) is 4.57 Å². The van der Waals surface area contributed by atoms with E-state index in [1.807, 2.05) is 0 Å². The molecule has 5 aromatic carbocycles. The quantitative estimate of drug-likeness (QED) is 0.294. The van der Waals surface area contributed by atoms with Crippen LogP contribution < -0.4 is 24.8 Å². The Morgan fingerprint density at radius 3 is 1.97 bits per heavy atom. The molecule has 0 saturated heterocycles. The average molecular weight is 508 g/mol. The number of fused-ring (bicyclic) bond motifs is 3. The fraction of sp³-hybridized carbons (Fsp3) is 0. The first kappa shape index (κ1) is 24.2. The van der Waals surface area contributed by atoms with Gasteiger partial charge in [0.15, 0.2) is 0 Å². The van der Waals surface area contributed by atoms with E-state index in [1.165, 1.54) is 38.1 Å². The van der Waals surface area contributed by atoms with E-state index in [2.05, 4.69) is 120 Å². The normalized spacial score (nSPS) is 9.87. The summed E-state index contributed by atoms with van der Waals surface area (Å²) in [5.41, 5.74) is 2.49. The van der Waals surface area contributed by atoms with Gasteiger partial charge in [-0.3, -0.25) is 0 Å². The SMILES string of the molecule is [Cl-].[Cl-].[Zr+4].c1ccc2[cH-]c(-n3ccc4ccccc43)cc2c1.c1ccc2[cH-]ccc2c1.